The Morgan fingerprint density at radius 1 is 1.12 bits per heavy atom. The van der Waals surface area contributed by atoms with Gasteiger partial charge in [-0.15, -0.1) is 0 Å². The number of aliphatic hydroxyl groups is 1. The largest absolute Gasteiger partial charge is 0.480 e. The van der Waals surface area contributed by atoms with E-state index >= 15 is 0 Å². The molecule has 3 heterocycles. The number of aromatic nitrogens is 2. The Morgan fingerprint density at radius 2 is 1.79 bits per heavy atom. The molecule has 10 nitrogen and oxygen atoms in total. The second-order valence-corrected chi connectivity index (χ2v) is 8.93. The van der Waals surface area contributed by atoms with Crippen molar-refractivity contribution in [2.75, 3.05) is 4.90 Å². The first kappa shape index (κ1) is 21.3. The van der Waals surface area contributed by atoms with Crippen LogP contribution in [0.25, 0.3) is 10.9 Å². The lowest BCUT2D eigenvalue weighted by atomic mass is 9.85. The summed E-state index contributed by atoms with van der Waals surface area (Å²) in [5, 5.41) is 33.9. The Hall–Kier alpha value is -3.60. The van der Waals surface area contributed by atoms with Crippen LogP contribution in [0.15, 0.2) is 59.7 Å². The molecule has 1 amide bonds. The van der Waals surface area contributed by atoms with E-state index in [1.807, 2.05) is 0 Å². The number of anilines is 1. The summed E-state index contributed by atoms with van der Waals surface area (Å²) in [5.41, 5.74) is -2.79. The summed E-state index contributed by atoms with van der Waals surface area (Å²) < 4.78 is 0.970. The molecule has 2 aliphatic rings. The highest BCUT2D eigenvalue weighted by Gasteiger charge is 2.65. The number of hydroxylamine groups is 2. The van der Waals surface area contributed by atoms with Crippen LogP contribution in [0, 0.1) is 0 Å². The van der Waals surface area contributed by atoms with E-state index in [2.05, 4.69) is 4.98 Å². The van der Waals surface area contributed by atoms with Gasteiger partial charge in [-0.25, -0.2) is 9.78 Å². The van der Waals surface area contributed by atoms with Crippen molar-refractivity contribution >= 4 is 28.5 Å². The molecule has 0 bridgehead atoms. The highest BCUT2D eigenvalue weighted by Crippen LogP contribution is 2.53. The fourth-order valence-corrected chi connectivity index (χ4v) is 4.88. The summed E-state index contributed by atoms with van der Waals surface area (Å²) in [6.45, 7) is 3.03. The predicted octanol–water partition coefficient (Wildman–Crippen LogP) is 1.46. The van der Waals surface area contributed by atoms with Gasteiger partial charge >= 0.3 is 5.97 Å². The Balaban J connectivity index is 1.66. The van der Waals surface area contributed by atoms with E-state index in [1.165, 1.54) is 18.7 Å². The zero-order chi connectivity index (χ0) is 23.7. The van der Waals surface area contributed by atoms with E-state index in [0.29, 0.717) is 16.8 Å². The van der Waals surface area contributed by atoms with E-state index in [1.54, 1.807) is 48.5 Å². The third kappa shape index (κ3) is 2.78. The smallest absolute Gasteiger partial charge is 0.326 e. The lowest BCUT2D eigenvalue weighted by Gasteiger charge is -2.37. The topological polar surface area (TPSA) is 136 Å². The number of hydrogen-bond donors (Lipinski definition) is 3. The van der Waals surface area contributed by atoms with E-state index in [0.717, 1.165) is 16.0 Å². The number of carbonyl (C=O) groups excluding carboxylic acids is 1. The quantitative estimate of drug-likeness (QED) is 0.544. The minimum atomic E-state index is -1.98. The molecule has 3 aromatic rings. The SMILES string of the molecule is CC1(C)C(=O)N2c3ccccc3[C@@](O)(C[C@@H](C(=O)O)n3cnc4ccccc4c3=O)[C@H]2N1O. The molecule has 0 spiro atoms. The van der Waals surface area contributed by atoms with E-state index < -0.39 is 47.2 Å². The van der Waals surface area contributed by atoms with Gasteiger partial charge in [-0.1, -0.05) is 30.3 Å². The number of carbonyl (C=O) groups is 2. The first-order valence-corrected chi connectivity index (χ1v) is 10.4. The number of carboxylic acids is 1. The summed E-state index contributed by atoms with van der Waals surface area (Å²) in [5.74, 6) is -1.79. The minimum Gasteiger partial charge on any atom is -0.480 e. The molecule has 2 aliphatic heterocycles. The van der Waals surface area contributed by atoms with Crippen LogP contribution in [0.2, 0.25) is 0 Å². The molecule has 1 fully saturated rings. The summed E-state index contributed by atoms with van der Waals surface area (Å²) in [6, 6.07) is 11.6. The number of carboxylic acid groups (broad SMARTS) is 1. The first-order chi connectivity index (χ1) is 15.6. The van der Waals surface area contributed by atoms with Gasteiger partial charge in [0.15, 0.2) is 0 Å². The lowest BCUT2D eigenvalue weighted by molar-refractivity contribution is -0.210. The second kappa shape index (κ2) is 6.95. The average Bonchev–Trinajstić information content (AvgIpc) is 3.15. The zero-order valence-electron chi connectivity index (χ0n) is 17.9. The van der Waals surface area contributed by atoms with Gasteiger partial charge in [0.25, 0.3) is 11.5 Å². The number of aliphatic carboxylic acids is 1. The van der Waals surface area contributed by atoms with Crippen molar-refractivity contribution in [1.82, 2.24) is 14.6 Å². The molecule has 3 atom stereocenters. The van der Waals surface area contributed by atoms with Crippen molar-refractivity contribution in [3.63, 3.8) is 0 Å². The number of amides is 1. The maximum atomic E-state index is 13.1. The Labute approximate surface area is 187 Å². The van der Waals surface area contributed by atoms with Gasteiger partial charge in [0, 0.05) is 12.0 Å². The normalized spacial score (nSPS) is 24.7. The molecule has 33 heavy (non-hydrogen) atoms. The van der Waals surface area contributed by atoms with Crippen LogP contribution in [0.1, 0.15) is 31.9 Å². The molecule has 3 N–H and O–H groups in total. The maximum absolute atomic E-state index is 13.1. The Kier molecular flexibility index (Phi) is 4.47. The number of nitrogens with zero attached hydrogens (tertiary/aromatic N) is 4. The van der Waals surface area contributed by atoms with Crippen molar-refractivity contribution in [3.8, 4) is 0 Å². The molecule has 0 aliphatic carbocycles. The fraction of sp³-hybridized carbons (Fsp3) is 0.304. The number of hydrogen-bond acceptors (Lipinski definition) is 7. The second-order valence-electron chi connectivity index (χ2n) is 8.93. The minimum absolute atomic E-state index is 0.243. The van der Waals surface area contributed by atoms with Crippen molar-refractivity contribution in [2.45, 2.75) is 43.6 Å². The van der Waals surface area contributed by atoms with Crippen molar-refractivity contribution in [3.05, 3.63) is 70.8 Å². The molecule has 1 saturated heterocycles. The van der Waals surface area contributed by atoms with Crippen LogP contribution < -0.4 is 10.5 Å². The average molecular weight is 450 g/mol. The molecule has 170 valence electrons. The molecule has 2 aromatic carbocycles. The van der Waals surface area contributed by atoms with Crippen molar-refractivity contribution < 1.29 is 25.0 Å². The van der Waals surface area contributed by atoms with Crippen LogP contribution in [0.4, 0.5) is 5.69 Å². The summed E-state index contributed by atoms with van der Waals surface area (Å²) >= 11 is 0. The van der Waals surface area contributed by atoms with Gasteiger partial charge in [-0.2, -0.15) is 5.06 Å². The third-order valence-corrected chi connectivity index (χ3v) is 6.66. The number of benzene rings is 2. The molecule has 0 unspecified atom stereocenters. The van der Waals surface area contributed by atoms with Gasteiger partial charge < -0.3 is 15.4 Å². The monoisotopic (exact) mass is 450 g/mol. The fourth-order valence-electron chi connectivity index (χ4n) is 4.88. The molecular formula is C23H22N4O6. The standard InChI is InChI=1S/C23H22N4O6/c1-22(2)21(31)26-16-10-6-4-8-14(16)23(32,20(26)27(22)33)11-17(19(29)30)25-12-24-15-9-5-3-7-13(15)18(25)28/h3-10,12,17,20,32-33H,11H2,1-2H3,(H,29,30)/t17-,20+,23-/m0/s1. The number of fused-ring (bicyclic) bond motifs is 4. The van der Waals surface area contributed by atoms with Gasteiger partial charge in [-0.05, 0) is 32.0 Å². The predicted molar refractivity (Wildman–Crippen MR) is 117 cm³/mol. The Bertz CT molecular complexity index is 1370. The van der Waals surface area contributed by atoms with Gasteiger partial charge in [-0.3, -0.25) is 19.1 Å². The molecule has 5 rings (SSSR count). The van der Waals surface area contributed by atoms with Gasteiger partial charge in [0.2, 0.25) is 0 Å². The van der Waals surface area contributed by atoms with Crippen LogP contribution in [0.5, 0.6) is 0 Å². The molecular weight excluding hydrogens is 428 g/mol. The van der Waals surface area contributed by atoms with E-state index in [-0.39, 0.29) is 5.39 Å². The van der Waals surface area contributed by atoms with Gasteiger partial charge in [0.1, 0.15) is 23.3 Å². The molecule has 0 saturated carbocycles. The summed E-state index contributed by atoms with van der Waals surface area (Å²) in [7, 11) is 0. The molecule has 1 aromatic heterocycles. The van der Waals surface area contributed by atoms with Crippen molar-refractivity contribution in [1.29, 1.82) is 0 Å². The first-order valence-electron chi connectivity index (χ1n) is 10.4. The highest BCUT2D eigenvalue weighted by molar-refractivity contribution is 6.04. The molecule has 10 heteroatoms. The van der Waals surface area contributed by atoms with Crippen LogP contribution in [0.3, 0.4) is 0 Å². The van der Waals surface area contributed by atoms with Crippen molar-refractivity contribution in [2.24, 2.45) is 0 Å². The lowest BCUT2D eigenvalue weighted by Crippen LogP contribution is -2.53. The van der Waals surface area contributed by atoms with Crippen LogP contribution in [-0.4, -0.2) is 53.6 Å². The summed E-state index contributed by atoms with van der Waals surface area (Å²) in [6.07, 6.45) is -0.601. The summed E-state index contributed by atoms with van der Waals surface area (Å²) in [4.78, 5) is 44.0. The zero-order valence-corrected chi connectivity index (χ0v) is 17.9. The number of para-hydroxylation sites is 2. The van der Waals surface area contributed by atoms with E-state index in [4.69, 9.17) is 0 Å². The van der Waals surface area contributed by atoms with Crippen LogP contribution >= 0.6 is 0 Å². The van der Waals surface area contributed by atoms with Crippen LogP contribution in [-0.2, 0) is 15.2 Å². The highest BCUT2D eigenvalue weighted by atomic mass is 16.5. The molecule has 0 radical (unpaired) electrons. The third-order valence-electron chi connectivity index (χ3n) is 6.66. The maximum Gasteiger partial charge on any atom is 0.326 e. The Morgan fingerprint density at radius 3 is 2.52 bits per heavy atom. The number of rotatable bonds is 4. The van der Waals surface area contributed by atoms with Gasteiger partial charge in [0.05, 0.1) is 22.9 Å². The van der Waals surface area contributed by atoms with E-state index in [9.17, 15) is 29.8 Å².